The lowest BCUT2D eigenvalue weighted by Gasteiger charge is -2.31. The SMILES string of the molecule is Cc1c(NC2CCCN(C)C2)cccc1[N+](=O)[O-]. The van der Waals surface area contributed by atoms with Crippen LogP contribution in [0.15, 0.2) is 18.2 Å². The second-order valence-corrected chi connectivity index (χ2v) is 4.95. The number of likely N-dealkylation sites (N-methyl/N-ethyl adjacent to an activating group) is 1. The van der Waals surface area contributed by atoms with Crippen LogP contribution in [0.2, 0.25) is 0 Å². The Labute approximate surface area is 107 Å². The number of piperidine rings is 1. The lowest BCUT2D eigenvalue weighted by Crippen LogP contribution is -2.39. The highest BCUT2D eigenvalue weighted by atomic mass is 16.6. The average molecular weight is 249 g/mol. The van der Waals surface area contributed by atoms with Crippen molar-refractivity contribution in [2.45, 2.75) is 25.8 Å². The molecule has 1 heterocycles. The second kappa shape index (κ2) is 5.35. The molecular weight excluding hydrogens is 230 g/mol. The third kappa shape index (κ3) is 2.79. The third-order valence-electron chi connectivity index (χ3n) is 3.49. The van der Waals surface area contributed by atoms with Crippen molar-refractivity contribution in [1.29, 1.82) is 0 Å². The minimum absolute atomic E-state index is 0.184. The molecule has 0 radical (unpaired) electrons. The van der Waals surface area contributed by atoms with E-state index >= 15 is 0 Å². The van der Waals surface area contributed by atoms with Gasteiger partial charge in [0.2, 0.25) is 0 Å². The summed E-state index contributed by atoms with van der Waals surface area (Å²) in [4.78, 5) is 12.8. The minimum atomic E-state index is -0.326. The fourth-order valence-electron chi connectivity index (χ4n) is 2.48. The third-order valence-corrected chi connectivity index (χ3v) is 3.49. The van der Waals surface area contributed by atoms with Crippen LogP contribution in [0.25, 0.3) is 0 Å². The molecule has 1 aromatic carbocycles. The summed E-state index contributed by atoms with van der Waals surface area (Å²) in [5.74, 6) is 0. The Bertz CT molecular complexity index is 448. The zero-order valence-electron chi connectivity index (χ0n) is 10.8. The first-order valence-electron chi connectivity index (χ1n) is 6.27. The van der Waals surface area contributed by atoms with E-state index in [1.165, 1.54) is 6.42 Å². The van der Waals surface area contributed by atoms with Crippen LogP contribution < -0.4 is 5.32 Å². The molecule has 1 fully saturated rings. The highest BCUT2D eigenvalue weighted by Crippen LogP contribution is 2.26. The smallest absolute Gasteiger partial charge is 0.274 e. The van der Waals surface area contributed by atoms with Gasteiger partial charge in [0.25, 0.3) is 5.69 Å². The molecular formula is C13H19N3O2. The summed E-state index contributed by atoms with van der Waals surface area (Å²) in [5.41, 5.74) is 1.78. The molecule has 0 bridgehead atoms. The number of nitro benzene ring substituents is 1. The van der Waals surface area contributed by atoms with Gasteiger partial charge in [0.05, 0.1) is 4.92 Å². The van der Waals surface area contributed by atoms with Crippen LogP contribution in [-0.4, -0.2) is 36.0 Å². The zero-order chi connectivity index (χ0) is 13.1. The topological polar surface area (TPSA) is 58.4 Å². The number of nitrogens with zero attached hydrogens (tertiary/aromatic N) is 2. The van der Waals surface area contributed by atoms with E-state index in [1.807, 2.05) is 6.07 Å². The number of hydrogen-bond donors (Lipinski definition) is 1. The first kappa shape index (κ1) is 12.8. The molecule has 0 spiro atoms. The van der Waals surface area contributed by atoms with Gasteiger partial charge in [-0.2, -0.15) is 0 Å². The van der Waals surface area contributed by atoms with E-state index in [2.05, 4.69) is 17.3 Å². The molecule has 1 atom stereocenters. The monoisotopic (exact) mass is 249 g/mol. The van der Waals surface area contributed by atoms with Crippen LogP contribution in [0.1, 0.15) is 18.4 Å². The summed E-state index contributed by atoms with van der Waals surface area (Å²) >= 11 is 0. The molecule has 0 aliphatic carbocycles. The predicted octanol–water partition coefficient (Wildman–Crippen LogP) is 2.41. The van der Waals surface area contributed by atoms with Crippen LogP contribution in [0, 0.1) is 17.0 Å². The normalized spacial score (nSPS) is 20.7. The number of hydrogen-bond acceptors (Lipinski definition) is 4. The average Bonchev–Trinajstić information content (AvgIpc) is 2.31. The number of benzene rings is 1. The molecule has 1 aliphatic heterocycles. The van der Waals surface area contributed by atoms with Gasteiger partial charge in [-0.25, -0.2) is 0 Å². The summed E-state index contributed by atoms with van der Waals surface area (Å²) in [5, 5.41) is 14.3. The maximum absolute atomic E-state index is 10.9. The number of anilines is 1. The first-order chi connectivity index (χ1) is 8.58. The molecule has 1 saturated heterocycles. The van der Waals surface area contributed by atoms with Crippen LogP contribution in [0.4, 0.5) is 11.4 Å². The van der Waals surface area contributed by atoms with Crippen molar-refractivity contribution in [3.8, 4) is 0 Å². The number of nitro groups is 1. The van der Waals surface area contributed by atoms with Gasteiger partial charge in [-0.15, -0.1) is 0 Å². The standard InChI is InChI=1S/C13H19N3O2/c1-10-12(6-3-7-13(10)16(17)18)14-11-5-4-8-15(2)9-11/h3,6-7,11,14H,4-5,8-9H2,1-2H3. The first-order valence-corrected chi connectivity index (χ1v) is 6.27. The molecule has 0 aromatic heterocycles. The maximum Gasteiger partial charge on any atom is 0.274 e. The van der Waals surface area contributed by atoms with Crippen LogP contribution in [0.5, 0.6) is 0 Å². The lowest BCUT2D eigenvalue weighted by molar-refractivity contribution is -0.385. The van der Waals surface area contributed by atoms with E-state index in [4.69, 9.17) is 0 Å². The summed E-state index contributed by atoms with van der Waals surface area (Å²) in [6, 6.07) is 5.58. The lowest BCUT2D eigenvalue weighted by atomic mass is 10.0. The Morgan fingerprint density at radius 1 is 1.50 bits per heavy atom. The Hall–Kier alpha value is -1.62. The van der Waals surface area contributed by atoms with Crippen molar-refractivity contribution in [1.82, 2.24) is 4.90 Å². The summed E-state index contributed by atoms with van der Waals surface area (Å²) in [6.45, 7) is 3.92. The molecule has 0 saturated carbocycles. The Balaban J connectivity index is 2.14. The molecule has 1 aromatic rings. The molecule has 0 amide bonds. The fraction of sp³-hybridized carbons (Fsp3) is 0.538. The van der Waals surface area contributed by atoms with E-state index in [-0.39, 0.29) is 10.6 Å². The van der Waals surface area contributed by atoms with E-state index in [0.29, 0.717) is 6.04 Å². The van der Waals surface area contributed by atoms with Gasteiger partial charge >= 0.3 is 0 Å². The number of rotatable bonds is 3. The van der Waals surface area contributed by atoms with Crippen molar-refractivity contribution in [3.05, 3.63) is 33.9 Å². The summed E-state index contributed by atoms with van der Waals surface area (Å²) in [6.07, 6.45) is 2.29. The fourth-order valence-corrected chi connectivity index (χ4v) is 2.48. The number of likely N-dealkylation sites (tertiary alicyclic amines) is 1. The largest absolute Gasteiger partial charge is 0.381 e. The van der Waals surface area contributed by atoms with Crippen molar-refractivity contribution >= 4 is 11.4 Å². The minimum Gasteiger partial charge on any atom is -0.381 e. The van der Waals surface area contributed by atoms with E-state index in [1.54, 1.807) is 19.1 Å². The zero-order valence-corrected chi connectivity index (χ0v) is 10.8. The van der Waals surface area contributed by atoms with E-state index < -0.39 is 0 Å². The highest BCUT2D eigenvalue weighted by molar-refractivity contribution is 5.60. The van der Waals surface area contributed by atoms with Gasteiger partial charge < -0.3 is 10.2 Å². The highest BCUT2D eigenvalue weighted by Gasteiger charge is 2.19. The summed E-state index contributed by atoms with van der Waals surface area (Å²) < 4.78 is 0. The van der Waals surface area contributed by atoms with E-state index in [9.17, 15) is 10.1 Å². The molecule has 98 valence electrons. The molecule has 1 aliphatic rings. The number of nitrogens with one attached hydrogen (secondary N) is 1. The van der Waals surface area contributed by atoms with Crippen LogP contribution in [-0.2, 0) is 0 Å². The molecule has 18 heavy (non-hydrogen) atoms. The Kier molecular flexibility index (Phi) is 3.81. The van der Waals surface area contributed by atoms with Crippen molar-refractivity contribution < 1.29 is 4.92 Å². The van der Waals surface area contributed by atoms with Gasteiger partial charge in [0, 0.05) is 29.9 Å². The van der Waals surface area contributed by atoms with Crippen molar-refractivity contribution in [2.75, 3.05) is 25.5 Å². The van der Waals surface area contributed by atoms with Crippen LogP contribution in [0.3, 0.4) is 0 Å². The Morgan fingerprint density at radius 2 is 2.28 bits per heavy atom. The van der Waals surface area contributed by atoms with Gasteiger partial charge in [-0.05, 0) is 39.4 Å². The molecule has 2 rings (SSSR count). The summed E-state index contributed by atoms with van der Waals surface area (Å²) in [7, 11) is 2.11. The molecule has 5 heteroatoms. The van der Waals surface area contributed by atoms with Gasteiger partial charge in [0.15, 0.2) is 0 Å². The Morgan fingerprint density at radius 3 is 2.94 bits per heavy atom. The molecule has 1 N–H and O–H groups in total. The van der Waals surface area contributed by atoms with Gasteiger partial charge in [-0.1, -0.05) is 6.07 Å². The maximum atomic E-state index is 10.9. The second-order valence-electron chi connectivity index (χ2n) is 4.95. The predicted molar refractivity (Wildman–Crippen MR) is 72.0 cm³/mol. The van der Waals surface area contributed by atoms with Crippen molar-refractivity contribution in [2.24, 2.45) is 0 Å². The van der Waals surface area contributed by atoms with Gasteiger partial charge in [0.1, 0.15) is 0 Å². The van der Waals surface area contributed by atoms with Gasteiger partial charge in [-0.3, -0.25) is 10.1 Å². The quantitative estimate of drug-likeness (QED) is 0.660. The molecule has 5 nitrogen and oxygen atoms in total. The van der Waals surface area contributed by atoms with E-state index in [0.717, 1.165) is 30.8 Å². The van der Waals surface area contributed by atoms with Crippen LogP contribution >= 0.6 is 0 Å². The van der Waals surface area contributed by atoms with Crippen molar-refractivity contribution in [3.63, 3.8) is 0 Å². The molecule has 1 unspecified atom stereocenters.